The molecule has 0 amide bonds. The molecular formula is C15H11FN2O2. The van der Waals surface area contributed by atoms with Crippen molar-refractivity contribution in [1.29, 1.82) is 0 Å². The number of nitrogens with zero attached hydrogens (tertiary/aromatic N) is 2. The fraction of sp³-hybridized carbons (Fsp3) is 0.0667. The predicted octanol–water partition coefficient (Wildman–Crippen LogP) is 2.93. The van der Waals surface area contributed by atoms with Crippen LogP contribution in [0.15, 0.2) is 53.5 Å². The van der Waals surface area contributed by atoms with E-state index in [1.54, 1.807) is 12.3 Å². The van der Waals surface area contributed by atoms with E-state index >= 15 is 0 Å². The van der Waals surface area contributed by atoms with E-state index in [9.17, 15) is 9.18 Å². The van der Waals surface area contributed by atoms with Gasteiger partial charge in [0.1, 0.15) is 17.2 Å². The summed E-state index contributed by atoms with van der Waals surface area (Å²) in [5, 5.41) is 0. The second-order valence-electron chi connectivity index (χ2n) is 4.37. The average molecular weight is 270 g/mol. The number of aryl methyl sites for hydroxylation is 1. The molecule has 0 radical (unpaired) electrons. The highest BCUT2D eigenvalue weighted by Gasteiger charge is 2.06. The van der Waals surface area contributed by atoms with Gasteiger partial charge in [0.25, 0.3) is 5.56 Å². The van der Waals surface area contributed by atoms with Gasteiger partial charge in [-0.05, 0) is 42.8 Å². The second-order valence-corrected chi connectivity index (χ2v) is 4.37. The Morgan fingerprint density at radius 1 is 1.20 bits per heavy atom. The molecule has 0 aliphatic carbocycles. The standard InChI is InChI=1S/C15H11FN2O2/c1-10-3-2-8-18-14(19)9-13(17-15(10)18)20-12-6-4-11(16)5-7-12/h2-9H,1H3. The molecular weight excluding hydrogens is 259 g/mol. The molecule has 0 N–H and O–H groups in total. The number of hydrogen-bond acceptors (Lipinski definition) is 3. The Balaban J connectivity index is 2.06. The summed E-state index contributed by atoms with van der Waals surface area (Å²) in [4.78, 5) is 16.3. The molecule has 0 unspecified atom stereocenters. The Kier molecular flexibility index (Phi) is 2.95. The largest absolute Gasteiger partial charge is 0.439 e. The molecule has 3 aromatic rings. The number of hydrogen-bond donors (Lipinski definition) is 0. The Morgan fingerprint density at radius 3 is 2.70 bits per heavy atom. The van der Waals surface area contributed by atoms with Gasteiger partial charge < -0.3 is 4.74 Å². The normalized spacial score (nSPS) is 10.7. The molecule has 2 heterocycles. The first-order valence-corrected chi connectivity index (χ1v) is 6.06. The third-order valence-corrected chi connectivity index (χ3v) is 2.90. The maximum atomic E-state index is 12.8. The Morgan fingerprint density at radius 2 is 1.95 bits per heavy atom. The van der Waals surface area contributed by atoms with Crippen molar-refractivity contribution in [3.05, 3.63) is 70.4 Å². The van der Waals surface area contributed by atoms with Gasteiger partial charge in [0.15, 0.2) is 0 Å². The lowest BCUT2D eigenvalue weighted by molar-refractivity contribution is 0.460. The van der Waals surface area contributed by atoms with E-state index in [0.717, 1.165) is 5.56 Å². The van der Waals surface area contributed by atoms with Crippen LogP contribution in [0.3, 0.4) is 0 Å². The number of pyridine rings is 1. The first kappa shape index (κ1) is 12.3. The van der Waals surface area contributed by atoms with E-state index in [1.807, 2.05) is 13.0 Å². The third kappa shape index (κ3) is 2.25. The van der Waals surface area contributed by atoms with Crippen LogP contribution >= 0.6 is 0 Å². The van der Waals surface area contributed by atoms with Crippen LogP contribution < -0.4 is 10.3 Å². The topological polar surface area (TPSA) is 43.6 Å². The lowest BCUT2D eigenvalue weighted by Crippen LogP contribution is -2.14. The van der Waals surface area contributed by atoms with Crippen LogP contribution in [0.5, 0.6) is 11.6 Å². The van der Waals surface area contributed by atoms with E-state index in [1.165, 1.54) is 34.7 Å². The van der Waals surface area contributed by atoms with E-state index in [-0.39, 0.29) is 17.3 Å². The van der Waals surface area contributed by atoms with Crippen molar-refractivity contribution in [1.82, 2.24) is 9.38 Å². The molecule has 0 atom stereocenters. The molecule has 1 aromatic carbocycles. The van der Waals surface area contributed by atoms with Gasteiger partial charge in [0, 0.05) is 6.20 Å². The summed E-state index contributed by atoms with van der Waals surface area (Å²) < 4.78 is 19.8. The Labute approximate surface area is 114 Å². The van der Waals surface area contributed by atoms with Crippen molar-refractivity contribution in [2.45, 2.75) is 6.92 Å². The van der Waals surface area contributed by atoms with Gasteiger partial charge in [-0.25, -0.2) is 4.39 Å². The summed E-state index contributed by atoms with van der Waals surface area (Å²) in [7, 11) is 0. The first-order valence-electron chi connectivity index (χ1n) is 6.06. The minimum absolute atomic E-state index is 0.191. The molecule has 0 aliphatic heterocycles. The summed E-state index contributed by atoms with van der Waals surface area (Å²) >= 11 is 0. The average Bonchev–Trinajstić information content (AvgIpc) is 2.43. The highest BCUT2D eigenvalue weighted by Crippen LogP contribution is 2.19. The van der Waals surface area contributed by atoms with Gasteiger partial charge >= 0.3 is 0 Å². The highest BCUT2D eigenvalue weighted by atomic mass is 19.1. The minimum Gasteiger partial charge on any atom is -0.439 e. The number of rotatable bonds is 2. The van der Waals surface area contributed by atoms with Crippen LogP contribution in [0, 0.1) is 12.7 Å². The molecule has 100 valence electrons. The van der Waals surface area contributed by atoms with Gasteiger partial charge in [0.2, 0.25) is 5.88 Å². The maximum absolute atomic E-state index is 12.8. The Hall–Kier alpha value is -2.69. The number of ether oxygens (including phenoxy) is 1. The van der Waals surface area contributed by atoms with Crippen LogP contribution in [-0.4, -0.2) is 9.38 Å². The van der Waals surface area contributed by atoms with Gasteiger partial charge in [-0.1, -0.05) is 6.07 Å². The second kappa shape index (κ2) is 4.77. The van der Waals surface area contributed by atoms with Gasteiger partial charge in [-0.3, -0.25) is 9.20 Å². The van der Waals surface area contributed by atoms with E-state index < -0.39 is 0 Å². The monoisotopic (exact) mass is 270 g/mol. The van der Waals surface area contributed by atoms with E-state index in [0.29, 0.717) is 11.4 Å². The molecule has 0 fully saturated rings. The predicted molar refractivity (Wildman–Crippen MR) is 72.7 cm³/mol. The van der Waals surface area contributed by atoms with Crippen molar-refractivity contribution in [2.75, 3.05) is 0 Å². The molecule has 20 heavy (non-hydrogen) atoms. The molecule has 0 aliphatic rings. The molecule has 0 bridgehead atoms. The zero-order chi connectivity index (χ0) is 14.1. The molecule has 2 aromatic heterocycles. The maximum Gasteiger partial charge on any atom is 0.261 e. The van der Waals surface area contributed by atoms with E-state index in [2.05, 4.69) is 4.98 Å². The molecule has 3 rings (SSSR count). The van der Waals surface area contributed by atoms with Gasteiger partial charge in [-0.2, -0.15) is 4.98 Å². The minimum atomic E-state index is -0.347. The molecule has 5 heteroatoms. The van der Waals surface area contributed by atoms with Crippen LogP contribution in [0.1, 0.15) is 5.56 Å². The molecule has 4 nitrogen and oxygen atoms in total. The third-order valence-electron chi connectivity index (χ3n) is 2.90. The van der Waals surface area contributed by atoms with E-state index in [4.69, 9.17) is 4.74 Å². The quantitative estimate of drug-likeness (QED) is 0.719. The fourth-order valence-electron chi connectivity index (χ4n) is 1.92. The molecule has 0 spiro atoms. The van der Waals surface area contributed by atoms with Crippen molar-refractivity contribution in [3.63, 3.8) is 0 Å². The van der Waals surface area contributed by atoms with Crippen molar-refractivity contribution in [2.24, 2.45) is 0 Å². The lowest BCUT2D eigenvalue weighted by Gasteiger charge is -2.07. The molecule has 0 saturated carbocycles. The zero-order valence-electron chi connectivity index (χ0n) is 10.7. The number of benzene rings is 1. The van der Waals surface area contributed by atoms with Crippen LogP contribution in [0.4, 0.5) is 4.39 Å². The van der Waals surface area contributed by atoms with Gasteiger partial charge in [0.05, 0.1) is 6.07 Å². The van der Waals surface area contributed by atoms with Crippen LogP contribution in [-0.2, 0) is 0 Å². The first-order chi connectivity index (χ1) is 9.63. The van der Waals surface area contributed by atoms with Crippen molar-refractivity contribution < 1.29 is 9.13 Å². The summed E-state index contributed by atoms with van der Waals surface area (Å²) in [5.41, 5.74) is 1.18. The van der Waals surface area contributed by atoms with Gasteiger partial charge in [-0.15, -0.1) is 0 Å². The molecule has 0 saturated heterocycles. The number of fused-ring (bicyclic) bond motifs is 1. The summed E-state index contributed by atoms with van der Waals surface area (Å²) in [5.74, 6) is 0.270. The number of aromatic nitrogens is 2. The zero-order valence-corrected chi connectivity index (χ0v) is 10.7. The van der Waals surface area contributed by atoms with Crippen LogP contribution in [0.2, 0.25) is 0 Å². The summed E-state index contributed by atoms with van der Waals surface area (Å²) in [6, 6.07) is 10.5. The lowest BCUT2D eigenvalue weighted by atomic mass is 10.3. The highest BCUT2D eigenvalue weighted by molar-refractivity contribution is 5.48. The number of halogens is 1. The summed E-state index contributed by atoms with van der Waals surface area (Å²) in [6.07, 6.45) is 1.65. The SMILES string of the molecule is Cc1cccn2c(=O)cc(Oc3ccc(F)cc3)nc12. The Bertz CT molecular complexity index is 825. The smallest absolute Gasteiger partial charge is 0.261 e. The van der Waals surface area contributed by atoms with Crippen molar-refractivity contribution in [3.8, 4) is 11.6 Å². The fourth-order valence-corrected chi connectivity index (χ4v) is 1.92. The van der Waals surface area contributed by atoms with Crippen LogP contribution in [0.25, 0.3) is 5.65 Å². The summed E-state index contributed by atoms with van der Waals surface area (Å²) in [6.45, 7) is 1.86. The van der Waals surface area contributed by atoms with Crippen molar-refractivity contribution >= 4 is 5.65 Å².